The highest BCUT2D eigenvalue weighted by molar-refractivity contribution is 6.28. The van der Waals surface area contributed by atoms with E-state index in [0.29, 0.717) is 5.95 Å². The van der Waals surface area contributed by atoms with E-state index in [1.165, 1.54) is 0 Å². The molecule has 2 aromatic carbocycles. The fraction of sp³-hybridized carbons (Fsp3) is 0.364. The summed E-state index contributed by atoms with van der Waals surface area (Å²) in [4.78, 5) is 24.1. The van der Waals surface area contributed by atoms with Crippen molar-refractivity contribution >= 4 is 34.4 Å². The largest absolute Gasteiger partial charge is 0.461 e. The van der Waals surface area contributed by atoms with Crippen LogP contribution in [-0.2, 0) is 4.74 Å². The topological polar surface area (TPSA) is 98.3 Å². The number of carbonyl (C=O) groups excluding carboxylic acids is 1. The smallest absolute Gasteiger partial charge is 0.407 e. The zero-order chi connectivity index (χ0) is 22.4. The number of nitrogens with zero attached hydrogens (tertiary/aromatic N) is 3. The van der Waals surface area contributed by atoms with Crippen LogP contribution in [0, 0.1) is 0 Å². The molecule has 9 heteroatoms. The molecule has 0 radical (unpaired) electrons. The van der Waals surface area contributed by atoms with Gasteiger partial charge in [-0.25, -0.2) is 4.79 Å². The molecule has 3 rings (SSSR count). The Bertz CT molecular complexity index is 1050. The monoisotopic (exact) mass is 443 g/mol. The molecule has 0 spiro atoms. The van der Waals surface area contributed by atoms with E-state index in [4.69, 9.17) is 21.1 Å². The van der Waals surface area contributed by atoms with Gasteiger partial charge in [0.05, 0.1) is 12.6 Å². The summed E-state index contributed by atoms with van der Waals surface area (Å²) in [6, 6.07) is 14.3. The molecule has 0 fully saturated rings. The van der Waals surface area contributed by atoms with Crippen LogP contribution in [0.15, 0.2) is 42.5 Å². The van der Waals surface area contributed by atoms with E-state index >= 15 is 0 Å². The number of rotatable bonds is 7. The number of anilines is 1. The summed E-state index contributed by atoms with van der Waals surface area (Å²) in [5.41, 5.74) is 0.548. The van der Waals surface area contributed by atoms with E-state index in [-0.39, 0.29) is 30.5 Å². The lowest BCUT2D eigenvalue weighted by atomic mass is 10.00. The van der Waals surface area contributed by atoms with Crippen molar-refractivity contribution in [3.63, 3.8) is 0 Å². The molecule has 0 aliphatic carbocycles. The first-order valence-corrected chi connectivity index (χ1v) is 10.3. The fourth-order valence-electron chi connectivity index (χ4n) is 2.97. The third-order valence-electron chi connectivity index (χ3n) is 4.22. The van der Waals surface area contributed by atoms with E-state index in [1.54, 1.807) is 20.8 Å². The second-order valence-electron chi connectivity index (χ2n) is 7.92. The van der Waals surface area contributed by atoms with Crippen molar-refractivity contribution in [2.24, 2.45) is 0 Å². The molecule has 8 nitrogen and oxygen atoms in total. The quantitative estimate of drug-likeness (QED) is 0.508. The average molecular weight is 444 g/mol. The first kappa shape index (κ1) is 22.6. The highest BCUT2D eigenvalue weighted by atomic mass is 35.5. The Morgan fingerprint density at radius 1 is 1.10 bits per heavy atom. The summed E-state index contributed by atoms with van der Waals surface area (Å²) < 4.78 is 10.7. The number of fused-ring (bicyclic) bond motifs is 1. The summed E-state index contributed by atoms with van der Waals surface area (Å²) in [6.45, 7) is 7.78. The predicted molar refractivity (Wildman–Crippen MR) is 121 cm³/mol. The zero-order valence-electron chi connectivity index (χ0n) is 18.0. The minimum Gasteiger partial charge on any atom is -0.461 e. The van der Waals surface area contributed by atoms with Crippen molar-refractivity contribution in [2.75, 3.05) is 18.5 Å². The summed E-state index contributed by atoms with van der Waals surface area (Å²) in [7, 11) is 0. The number of halogens is 1. The number of carbonyl (C=O) groups is 1. The highest BCUT2D eigenvalue weighted by Gasteiger charge is 2.16. The molecule has 0 aliphatic heterocycles. The van der Waals surface area contributed by atoms with Crippen LogP contribution in [0.25, 0.3) is 10.8 Å². The molecule has 1 aromatic heterocycles. The van der Waals surface area contributed by atoms with E-state index in [9.17, 15) is 4.79 Å². The van der Waals surface area contributed by atoms with Crippen molar-refractivity contribution in [1.29, 1.82) is 0 Å². The second-order valence-corrected chi connectivity index (χ2v) is 8.26. The van der Waals surface area contributed by atoms with E-state index in [1.807, 2.05) is 25.1 Å². The van der Waals surface area contributed by atoms with Crippen molar-refractivity contribution in [3.8, 4) is 6.01 Å². The van der Waals surface area contributed by atoms with Gasteiger partial charge in [-0.3, -0.25) is 0 Å². The normalized spacial score (nSPS) is 12.3. The minimum absolute atomic E-state index is 0.0118. The van der Waals surface area contributed by atoms with Gasteiger partial charge in [-0.2, -0.15) is 15.0 Å². The van der Waals surface area contributed by atoms with Gasteiger partial charge >= 0.3 is 12.1 Å². The molecule has 0 aliphatic rings. The van der Waals surface area contributed by atoms with Crippen LogP contribution < -0.4 is 15.4 Å². The number of hydrogen-bond acceptors (Lipinski definition) is 7. The number of hydrogen-bond donors (Lipinski definition) is 2. The van der Waals surface area contributed by atoms with Crippen molar-refractivity contribution in [3.05, 3.63) is 53.3 Å². The molecule has 3 aromatic rings. The van der Waals surface area contributed by atoms with Crippen molar-refractivity contribution in [1.82, 2.24) is 20.3 Å². The number of alkyl carbamates (subject to hydrolysis) is 1. The SMILES string of the molecule is CC(Nc1nc(Cl)nc(OCCNC(=O)OC(C)(C)C)n1)c1cccc2ccccc12. The molecular weight excluding hydrogens is 418 g/mol. The van der Waals surface area contributed by atoms with Crippen LogP contribution >= 0.6 is 11.6 Å². The van der Waals surface area contributed by atoms with Gasteiger partial charge in [-0.1, -0.05) is 42.5 Å². The van der Waals surface area contributed by atoms with E-state index in [0.717, 1.165) is 16.3 Å². The van der Waals surface area contributed by atoms with Gasteiger partial charge < -0.3 is 20.1 Å². The van der Waals surface area contributed by atoms with Gasteiger partial charge in [0, 0.05) is 0 Å². The highest BCUT2D eigenvalue weighted by Crippen LogP contribution is 2.26. The Kier molecular flexibility index (Phi) is 7.12. The number of amides is 1. The van der Waals surface area contributed by atoms with Crippen LogP contribution in [0.4, 0.5) is 10.7 Å². The molecule has 0 saturated carbocycles. The summed E-state index contributed by atoms with van der Waals surface area (Å²) >= 11 is 6.04. The number of ether oxygens (including phenoxy) is 2. The van der Waals surface area contributed by atoms with Crippen LogP contribution in [0.2, 0.25) is 5.28 Å². The first-order chi connectivity index (χ1) is 14.7. The fourth-order valence-corrected chi connectivity index (χ4v) is 3.12. The van der Waals surface area contributed by atoms with Gasteiger partial charge in [-0.05, 0) is 55.6 Å². The second kappa shape index (κ2) is 9.78. The number of aromatic nitrogens is 3. The van der Waals surface area contributed by atoms with Crippen LogP contribution in [-0.4, -0.2) is 39.8 Å². The van der Waals surface area contributed by atoms with Crippen molar-refractivity contribution in [2.45, 2.75) is 39.3 Å². The lowest BCUT2D eigenvalue weighted by Gasteiger charge is -2.19. The lowest BCUT2D eigenvalue weighted by molar-refractivity contribution is 0.0519. The summed E-state index contributed by atoms with van der Waals surface area (Å²) in [5, 5.41) is 8.17. The third kappa shape index (κ3) is 6.68. The molecule has 0 saturated heterocycles. The van der Waals surface area contributed by atoms with Gasteiger partial charge in [0.15, 0.2) is 0 Å². The molecule has 0 bridgehead atoms. The Labute approximate surface area is 186 Å². The Morgan fingerprint density at radius 2 is 1.84 bits per heavy atom. The van der Waals surface area contributed by atoms with Crippen molar-refractivity contribution < 1.29 is 14.3 Å². The van der Waals surface area contributed by atoms with E-state index in [2.05, 4.69) is 49.9 Å². The average Bonchev–Trinajstić information content (AvgIpc) is 2.69. The lowest BCUT2D eigenvalue weighted by Crippen LogP contribution is -2.34. The van der Waals surface area contributed by atoms with E-state index < -0.39 is 11.7 Å². The number of benzene rings is 2. The predicted octanol–water partition coefficient (Wildman–Crippen LogP) is 4.75. The number of nitrogens with one attached hydrogen (secondary N) is 2. The minimum atomic E-state index is -0.561. The maximum Gasteiger partial charge on any atom is 0.407 e. The summed E-state index contributed by atoms with van der Waals surface area (Å²) in [5.74, 6) is 0.301. The zero-order valence-corrected chi connectivity index (χ0v) is 18.7. The van der Waals surface area contributed by atoms with Crippen LogP contribution in [0.1, 0.15) is 39.3 Å². The van der Waals surface area contributed by atoms with Crippen LogP contribution in [0.5, 0.6) is 6.01 Å². The van der Waals surface area contributed by atoms with Gasteiger partial charge in [-0.15, -0.1) is 0 Å². The van der Waals surface area contributed by atoms with Gasteiger partial charge in [0.1, 0.15) is 12.2 Å². The molecule has 2 N–H and O–H groups in total. The van der Waals surface area contributed by atoms with Gasteiger partial charge in [0.25, 0.3) is 0 Å². The maximum absolute atomic E-state index is 11.7. The molecule has 164 valence electrons. The Morgan fingerprint density at radius 3 is 2.61 bits per heavy atom. The van der Waals surface area contributed by atoms with Gasteiger partial charge in [0.2, 0.25) is 11.2 Å². The maximum atomic E-state index is 11.7. The molecule has 1 atom stereocenters. The molecule has 1 amide bonds. The molecule has 1 heterocycles. The Balaban J connectivity index is 1.61. The third-order valence-corrected chi connectivity index (χ3v) is 4.39. The first-order valence-electron chi connectivity index (χ1n) is 9.97. The molecule has 1 unspecified atom stereocenters. The molecule has 31 heavy (non-hydrogen) atoms. The van der Waals surface area contributed by atoms with Crippen LogP contribution in [0.3, 0.4) is 0 Å². The summed E-state index contributed by atoms with van der Waals surface area (Å²) in [6.07, 6.45) is -0.518. The molecular formula is C22H26ClN5O3. The Hall–Kier alpha value is -3.13. The standard InChI is InChI=1S/C22H26ClN5O3/c1-14(16-11-7-9-15-8-5-6-10-17(15)16)25-19-26-18(23)27-20(28-19)30-13-12-24-21(29)31-22(2,3)4/h5-11,14H,12-13H2,1-4H3,(H,24,29)(H,25,26,27,28).